The van der Waals surface area contributed by atoms with Crippen LogP contribution < -0.4 is 10.2 Å². The van der Waals surface area contributed by atoms with Crippen molar-refractivity contribution < 1.29 is 0 Å². The Morgan fingerprint density at radius 1 is 1.30 bits per heavy atom. The van der Waals surface area contributed by atoms with Crippen LogP contribution in [0.1, 0.15) is 49.9 Å². The van der Waals surface area contributed by atoms with Crippen LogP contribution >= 0.6 is 0 Å². The van der Waals surface area contributed by atoms with E-state index >= 15 is 0 Å². The monoisotopic (exact) mass is 275 g/mol. The van der Waals surface area contributed by atoms with E-state index in [0.717, 1.165) is 25.3 Å². The summed E-state index contributed by atoms with van der Waals surface area (Å²) in [7, 11) is 2.01. The molecule has 0 aliphatic carbocycles. The van der Waals surface area contributed by atoms with E-state index in [1.54, 1.807) is 0 Å². The van der Waals surface area contributed by atoms with Crippen molar-refractivity contribution in [3.63, 3.8) is 0 Å². The van der Waals surface area contributed by atoms with Gasteiger partial charge in [0.15, 0.2) is 0 Å². The van der Waals surface area contributed by atoms with Crippen LogP contribution in [0.15, 0.2) is 6.07 Å². The van der Waals surface area contributed by atoms with E-state index in [1.165, 1.54) is 36.2 Å². The van der Waals surface area contributed by atoms with E-state index in [0.29, 0.717) is 5.41 Å². The van der Waals surface area contributed by atoms with E-state index in [1.807, 2.05) is 7.05 Å². The van der Waals surface area contributed by atoms with Crippen LogP contribution in [0.5, 0.6) is 0 Å². The highest BCUT2D eigenvalue weighted by Gasteiger charge is 2.29. The number of rotatable bonds is 4. The summed E-state index contributed by atoms with van der Waals surface area (Å²) in [5.74, 6) is 1.20. The normalized spacial score (nSPS) is 18.4. The molecule has 112 valence electrons. The highest BCUT2D eigenvalue weighted by Crippen LogP contribution is 2.36. The van der Waals surface area contributed by atoms with Gasteiger partial charge in [0, 0.05) is 30.9 Å². The van der Waals surface area contributed by atoms with Gasteiger partial charge in [-0.15, -0.1) is 0 Å². The Kier molecular flexibility index (Phi) is 4.69. The lowest BCUT2D eigenvalue weighted by Crippen LogP contribution is -2.39. The Hall–Kier alpha value is -1.09. The molecule has 3 heteroatoms. The van der Waals surface area contributed by atoms with Crippen LogP contribution in [0.3, 0.4) is 0 Å². The fourth-order valence-electron chi connectivity index (χ4n) is 3.11. The van der Waals surface area contributed by atoms with Crippen molar-refractivity contribution in [3.05, 3.63) is 22.9 Å². The number of nitrogens with zero attached hydrogens (tertiary/aromatic N) is 2. The molecule has 0 atom stereocenters. The van der Waals surface area contributed by atoms with Gasteiger partial charge in [-0.25, -0.2) is 4.98 Å². The van der Waals surface area contributed by atoms with Gasteiger partial charge in [0.05, 0.1) is 0 Å². The van der Waals surface area contributed by atoms with Gasteiger partial charge in [0.25, 0.3) is 0 Å². The summed E-state index contributed by atoms with van der Waals surface area (Å²) >= 11 is 0. The predicted molar refractivity (Wildman–Crippen MR) is 86.3 cm³/mol. The number of nitrogens with one attached hydrogen (secondary N) is 1. The summed E-state index contributed by atoms with van der Waals surface area (Å²) < 4.78 is 0. The number of piperidine rings is 1. The molecule has 1 N–H and O–H groups in total. The standard InChI is InChI=1S/C17H29N3/c1-6-17(4)7-9-20(10-8-17)16-15(12-18-5)13(2)11-14(3)19-16/h11,18H,6-10,12H2,1-5H3. The van der Waals surface area contributed by atoms with Gasteiger partial charge in [-0.2, -0.15) is 0 Å². The first kappa shape index (κ1) is 15.3. The number of aryl methyl sites for hydroxylation is 2. The largest absolute Gasteiger partial charge is 0.356 e. The smallest absolute Gasteiger partial charge is 0.133 e. The Bertz CT molecular complexity index is 460. The molecule has 1 aliphatic rings. The number of hydrogen-bond acceptors (Lipinski definition) is 3. The SMILES string of the molecule is CCC1(C)CCN(c2nc(C)cc(C)c2CNC)CC1. The third-order valence-corrected chi connectivity index (χ3v) is 4.93. The first-order valence-corrected chi connectivity index (χ1v) is 7.86. The molecule has 1 aromatic heterocycles. The summed E-state index contributed by atoms with van der Waals surface area (Å²) in [6.45, 7) is 12.2. The van der Waals surface area contributed by atoms with Gasteiger partial charge in [0.1, 0.15) is 5.82 Å². The van der Waals surface area contributed by atoms with Crippen molar-refractivity contribution in [3.8, 4) is 0 Å². The first-order valence-electron chi connectivity index (χ1n) is 7.86. The van der Waals surface area contributed by atoms with Crippen LogP contribution in [0, 0.1) is 19.3 Å². The minimum Gasteiger partial charge on any atom is -0.356 e. The first-order chi connectivity index (χ1) is 9.49. The van der Waals surface area contributed by atoms with E-state index in [-0.39, 0.29) is 0 Å². The summed E-state index contributed by atoms with van der Waals surface area (Å²) in [5, 5.41) is 3.28. The molecule has 0 aromatic carbocycles. The average Bonchev–Trinajstić information content (AvgIpc) is 2.43. The van der Waals surface area contributed by atoms with Crippen LogP contribution in [0.25, 0.3) is 0 Å². The van der Waals surface area contributed by atoms with Crippen molar-refractivity contribution >= 4 is 5.82 Å². The number of anilines is 1. The van der Waals surface area contributed by atoms with Gasteiger partial charge < -0.3 is 10.2 Å². The molecule has 0 saturated carbocycles. The molecule has 1 fully saturated rings. The van der Waals surface area contributed by atoms with Gasteiger partial charge in [-0.1, -0.05) is 20.3 Å². The minimum absolute atomic E-state index is 0.526. The highest BCUT2D eigenvalue weighted by molar-refractivity contribution is 5.52. The van der Waals surface area contributed by atoms with E-state index in [4.69, 9.17) is 4.98 Å². The van der Waals surface area contributed by atoms with Crippen LogP contribution in [0.2, 0.25) is 0 Å². The molecule has 2 heterocycles. The number of hydrogen-bond donors (Lipinski definition) is 1. The zero-order valence-corrected chi connectivity index (χ0v) is 13.7. The lowest BCUT2D eigenvalue weighted by Gasteiger charge is -2.40. The molecule has 1 aliphatic heterocycles. The minimum atomic E-state index is 0.526. The third-order valence-electron chi connectivity index (χ3n) is 4.93. The molecule has 20 heavy (non-hydrogen) atoms. The average molecular weight is 275 g/mol. The summed E-state index contributed by atoms with van der Waals surface area (Å²) in [5.41, 5.74) is 4.36. The Morgan fingerprint density at radius 2 is 1.95 bits per heavy atom. The summed E-state index contributed by atoms with van der Waals surface area (Å²) in [6.07, 6.45) is 3.83. The lowest BCUT2D eigenvalue weighted by molar-refractivity contribution is 0.237. The fourth-order valence-corrected chi connectivity index (χ4v) is 3.11. The maximum Gasteiger partial charge on any atom is 0.133 e. The molecule has 0 amide bonds. The van der Waals surface area contributed by atoms with Gasteiger partial charge in [-0.3, -0.25) is 0 Å². The molecule has 2 rings (SSSR count). The van der Waals surface area contributed by atoms with Crippen LogP contribution in [-0.2, 0) is 6.54 Å². The van der Waals surface area contributed by atoms with Crippen molar-refractivity contribution in [2.45, 2.75) is 53.5 Å². The predicted octanol–water partition coefficient (Wildman–Crippen LogP) is 3.43. The Labute approximate surface area is 123 Å². The van der Waals surface area contributed by atoms with E-state index < -0.39 is 0 Å². The number of aromatic nitrogens is 1. The molecular weight excluding hydrogens is 246 g/mol. The molecule has 0 bridgehead atoms. The molecule has 1 aromatic rings. The summed E-state index contributed by atoms with van der Waals surface area (Å²) in [6, 6.07) is 2.19. The molecule has 0 unspecified atom stereocenters. The zero-order chi connectivity index (χ0) is 14.8. The van der Waals surface area contributed by atoms with Crippen molar-refractivity contribution in [2.75, 3.05) is 25.0 Å². The third kappa shape index (κ3) is 3.14. The van der Waals surface area contributed by atoms with Crippen LogP contribution in [-0.4, -0.2) is 25.1 Å². The highest BCUT2D eigenvalue weighted by atomic mass is 15.2. The number of pyridine rings is 1. The van der Waals surface area contributed by atoms with Crippen LogP contribution in [0.4, 0.5) is 5.82 Å². The van der Waals surface area contributed by atoms with Gasteiger partial charge >= 0.3 is 0 Å². The Balaban J connectivity index is 2.25. The van der Waals surface area contributed by atoms with E-state index in [9.17, 15) is 0 Å². The van der Waals surface area contributed by atoms with Crippen molar-refractivity contribution in [2.24, 2.45) is 5.41 Å². The van der Waals surface area contributed by atoms with E-state index in [2.05, 4.69) is 44.0 Å². The molecule has 0 spiro atoms. The van der Waals surface area contributed by atoms with Crippen molar-refractivity contribution in [1.82, 2.24) is 10.3 Å². The zero-order valence-electron chi connectivity index (χ0n) is 13.7. The molecular formula is C17H29N3. The molecule has 1 saturated heterocycles. The summed E-state index contributed by atoms with van der Waals surface area (Å²) in [4.78, 5) is 7.33. The molecule has 0 radical (unpaired) electrons. The fraction of sp³-hybridized carbons (Fsp3) is 0.706. The second-order valence-corrected chi connectivity index (χ2v) is 6.56. The maximum absolute atomic E-state index is 4.84. The van der Waals surface area contributed by atoms with Gasteiger partial charge in [-0.05, 0) is 50.8 Å². The Morgan fingerprint density at radius 3 is 2.50 bits per heavy atom. The van der Waals surface area contributed by atoms with Gasteiger partial charge in [0.2, 0.25) is 0 Å². The maximum atomic E-state index is 4.84. The lowest BCUT2D eigenvalue weighted by atomic mass is 9.78. The van der Waals surface area contributed by atoms with Crippen molar-refractivity contribution in [1.29, 1.82) is 0 Å². The topological polar surface area (TPSA) is 28.2 Å². The molecule has 3 nitrogen and oxygen atoms in total. The quantitative estimate of drug-likeness (QED) is 0.912. The second-order valence-electron chi connectivity index (χ2n) is 6.56. The second kappa shape index (κ2) is 6.13.